The maximum absolute atomic E-state index is 13.4. The van der Waals surface area contributed by atoms with Gasteiger partial charge >= 0.3 is 0 Å². The molecule has 0 aromatic rings. The Morgan fingerprint density at radius 2 is 1.88 bits per heavy atom. The summed E-state index contributed by atoms with van der Waals surface area (Å²) in [6.07, 6.45) is 9.41. The van der Waals surface area contributed by atoms with E-state index in [9.17, 15) is 9.59 Å². The van der Waals surface area contributed by atoms with Crippen molar-refractivity contribution in [1.82, 2.24) is 20.9 Å². The monoisotopic (exact) mass is 464 g/mol. The first-order chi connectivity index (χ1) is 15.5. The average Bonchev–Trinajstić information content (AvgIpc) is 3.31. The van der Waals surface area contributed by atoms with Gasteiger partial charge in [-0.15, -0.1) is 11.8 Å². The van der Waals surface area contributed by atoms with Gasteiger partial charge < -0.3 is 20.3 Å². The molecule has 5 rings (SSSR count). The molecule has 8 atom stereocenters. The molecule has 8 unspecified atom stereocenters. The lowest BCUT2D eigenvalue weighted by atomic mass is 9.68. The summed E-state index contributed by atoms with van der Waals surface area (Å²) >= 11 is 1.79. The number of methoxy groups -OCH3 is 1. The number of thioether (sulfide) groups is 1. The molecule has 0 aromatic carbocycles. The molecule has 2 aliphatic carbocycles. The third-order valence-corrected chi connectivity index (χ3v) is 10.1. The zero-order valence-corrected chi connectivity index (χ0v) is 20.4. The van der Waals surface area contributed by atoms with Gasteiger partial charge in [0.25, 0.3) is 0 Å². The molecule has 3 N–H and O–H groups in total. The summed E-state index contributed by atoms with van der Waals surface area (Å²) in [5, 5.41) is 10.8. The number of carbonyl (C=O) groups excluding carboxylic acids is 2. The highest BCUT2D eigenvalue weighted by Crippen LogP contribution is 2.40. The molecule has 7 nitrogen and oxygen atoms in total. The number of amides is 2. The average molecular weight is 465 g/mol. The molecule has 3 heterocycles. The van der Waals surface area contributed by atoms with Crippen LogP contribution in [0.3, 0.4) is 0 Å². The zero-order chi connectivity index (χ0) is 22.2. The van der Waals surface area contributed by atoms with Crippen molar-refractivity contribution in [2.75, 3.05) is 26.7 Å². The summed E-state index contributed by atoms with van der Waals surface area (Å²) in [4.78, 5) is 28.1. The second kappa shape index (κ2) is 9.80. The summed E-state index contributed by atoms with van der Waals surface area (Å²) in [6.45, 7) is 4.57. The third kappa shape index (κ3) is 4.57. The largest absolute Gasteiger partial charge is 0.381 e. The molecule has 8 heteroatoms. The molecule has 3 saturated heterocycles. The summed E-state index contributed by atoms with van der Waals surface area (Å²) in [6, 6.07) is 0.729. The van der Waals surface area contributed by atoms with Crippen molar-refractivity contribution in [2.24, 2.45) is 23.7 Å². The summed E-state index contributed by atoms with van der Waals surface area (Å²) < 4.78 is 5.86. The molecule has 0 spiro atoms. The SMILES string of the molecule is COC1CCCCC1C1CC(C)NCC1C(=O)NC1NC2CN(C(=O)C3CCC3)CC2S1. The molecular formula is C24H40N4O3S. The number of piperidine rings is 1. The van der Waals surface area contributed by atoms with Crippen molar-refractivity contribution in [3.05, 3.63) is 0 Å². The van der Waals surface area contributed by atoms with Gasteiger partial charge in [0.2, 0.25) is 11.8 Å². The van der Waals surface area contributed by atoms with Gasteiger partial charge in [0, 0.05) is 50.0 Å². The molecule has 5 aliphatic rings. The van der Waals surface area contributed by atoms with Crippen molar-refractivity contribution in [2.45, 2.75) is 87.2 Å². The zero-order valence-electron chi connectivity index (χ0n) is 19.6. The highest BCUT2D eigenvalue weighted by atomic mass is 32.2. The molecule has 180 valence electrons. The van der Waals surface area contributed by atoms with Crippen LogP contribution in [0, 0.1) is 23.7 Å². The van der Waals surface area contributed by atoms with Crippen LogP contribution in [0.5, 0.6) is 0 Å². The fraction of sp³-hybridized carbons (Fsp3) is 0.917. The maximum atomic E-state index is 13.4. The van der Waals surface area contributed by atoms with E-state index >= 15 is 0 Å². The lowest BCUT2D eigenvalue weighted by Gasteiger charge is -2.44. The minimum atomic E-state index is -0.0527. The number of fused-ring (bicyclic) bond motifs is 1. The molecule has 0 radical (unpaired) electrons. The standard InChI is InChI=1S/C24H40N4O3S/c1-14-10-17(16-8-3-4-9-20(16)31-2)18(11-25-14)22(29)27-24-26-19-12-28(13-21(19)32-24)23(30)15-6-5-7-15/h14-21,24-26H,3-13H2,1-2H3,(H,27,29). The van der Waals surface area contributed by atoms with E-state index in [2.05, 4.69) is 22.9 Å². The van der Waals surface area contributed by atoms with Crippen LogP contribution in [0.1, 0.15) is 58.3 Å². The minimum Gasteiger partial charge on any atom is -0.381 e. The van der Waals surface area contributed by atoms with Crippen LogP contribution >= 0.6 is 11.8 Å². The van der Waals surface area contributed by atoms with Gasteiger partial charge in [-0.25, -0.2) is 0 Å². The highest BCUT2D eigenvalue weighted by molar-refractivity contribution is 8.00. The van der Waals surface area contributed by atoms with Gasteiger partial charge in [0.1, 0.15) is 5.50 Å². The Morgan fingerprint density at radius 3 is 2.59 bits per heavy atom. The molecule has 5 fully saturated rings. The molecule has 32 heavy (non-hydrogen) atoms. The molecular weight excluding hydrogens is 424 g/mol. The Kier molecular flexibility index (Phi) is 7.03. The van der Waals surface area contributed by atoms with E-state index < -0.39 is 0 Å². The van der Waals surface area contributed by atoms with Gasteiger partial charge in [0.15, 0.2) is 0 Å². The van der Waals surface area contributed by atoms with Crippen molar-refractivity contribution >= 4 is 23.6 Å². The molecule has 2 saturated carbocycles. The van der Waals surface area contributed by atoms with Crippen LogP contribution < -0.4 is 16.0 Å². The van der Waals surface area contributed by atoms with Crippen LogP contribution in [-0.2, 0) is 14.3 Å². The second-order valence-electron chi connectivity index (χ2n) is 10.7. The van der Waals surface area contributed by atoms with E-state index in [0.717, 1.165) is 45.3 Å². The Balaban J connectivity index is 1.17. The smallest absolute Gasteiger partial charge is 0.226 e. The Bertz CT molecular complexity index is 691. The number of ether oxygens (including phenoxy) is 1. The van der Waals surface area contributed by atoms with Gasteiger partial charge in [-0.05, 0) is 50.9 Å². The van der Waals surface area contributed by atoms with Crippen molar-refractivity contribution in [3.63, 3.8) is 0 Å². The predicted molar refractivity (Wildman–Crippen MR) is 126 cm³/mol. The van der Waals surface area contributed by atoms with E-state index in [1.807, 2.05) is 12.0 Å². The summed E-state index contributed by atoms with van der Waals surface area (Å²) in [5.74, 6) is 1.62. The lowest BCUT2D eigenvalue weighted by molar-refractivity contribution is -0.137. The van der Waals surface area contributed by atoms with Gasteiger partial charge in [-0.1, -0.05) is 19.3 Å². The normalized spacial score (nSPS) is 42.4. The van der Waals surface area contributed by atoms with E-state index in [1.165, 1.54) is 25.7 Å². The summed E-state index contributed by atoms with van der Waals surface area (Å²) in [5.41, 5.74) is -0.0527. The molecule has 3 aliphatic heterocycles. The van der Waals surface area contributed by atoms with Crippen LogP contribution in [0.25, 0.3) is 0 Å². The van der Waals surface area contributed by atoms with Gasteiger partial charge in [0.05, 0.1) is 12.0 Å². The van der Waals surface area contributed by atoms with E-state index in [4.69, 9.17) is 4.74 Å². The molecule has 0 bridgehead atoms. The van der Waals surface area contributed by atoms with E-state index in [0.29, 0.717) is 29.0 Å². The second-order valence-corrected chi connectivity index (χ2v) is 12.1. The molecule has 0 aromatic heterocycles. The number of carbonyl (C=O) groups is 2. The van der Waals surface area contributed by atoms with Gasteiger partial charge in [-0.2, -0.15) is 0 Å². The summed E-state index contributed by atoms with van der Waals surface area (Å²) in [7, 11) is 1.83. The number of hydrogen-bond acceptors (Lipinski definition) is 6. The number of rotatable bonds is 5. The third-order valence-electron chi connectivity index (χ3n) is 8.75. The van der Waals surface area contributed by atoms with Crippen LogP contribution in [0.2, 0.25) is 0 Å². The maximum Gasteiger partial charge on any atom is 0.226 e. The number of likely N-dealkylation sites (tertiary alicyclic amines) is 1. The van der Waals surface area contributed by atoms with Crippen LogP contribution in [0.4, 0.5) is 0 Å². The fourth-order valence-electron chi connectivity index (χ4n) is 6.69. The van der Waals surface area contributed by atoms with Crippen molar-refractivity contribution in [1.29, 1.82) is 0 Å². The predicted octanol–water partition coefficient (Wildman–Crippen LogP) is 1.92. The lowest BCUT2D eigenvalue weighted by Crippen LogP contribution is -2.55. The first-order valence-corrected chi connectivity index (χ1v) is 13.7. The topological polar surface area (TPSA) is 82.7 Å². The number of hydrogen-bond donors (Lipinski definition) is 3. The van der Waals surface area contributed by atoms with Gasteiger partial charge in [-0.3, -0.25) is 14.9 Å². The van der Waals surface area contributed by atoms with Crippen LogP contribution in [0.15, 0.2) is 0 Å². The Morgan fingerprint density at radius 1 is 1.06 bits per heavy atom. The van der Waals surface area contributed by atoms with E-state index in [1.54, 1.807) is 11.8 Å². The highest BCUT2D eigenvalue weighted by Gasteiger charge is 2.47. The van der Waals surface area contributed by atoms with Crippen molar-refractivity contribution < 1.29 is 14.3 Å². The minimum absolute atomic E-state index is 0.00789. The van der Waals surface area contributed by atoms with Crippen molar-refractivity contribution in [3.8, 4) is 0 Å². The quantitative estimate of drug-likeness (QED) is 0.577. The Labute approximate surface area is 196 Å². The Hall–Kier alpha value is -0.830. The van der Waals surface area contributed by atoms with E-state index in [-0.39, 0.29) is 35.4 Å². The fourth-order valence-corrected chi connectivity index (χ4v) is 8.10. The first kappa shape index (κ1) is 22.9. The number of nitrogens with zero attached hydrogens (tertiary/aromatic N) is 1. The number of nitrogens with one attached hydrogen (secondary N) is 3. The molecule has 2 amide bonds. The first-order valence-electron chi connectivity index (χ1n) is 12.8. The van der Waals surface area contributed by atoms with Crippen LogP contribution in [-0.4, -0.2) is 72.4 Å².